The number of aliphatic hydroxyl groups excluding tert-OH is 3. The maximum atomic E-state index is 12.8. The second-order valence-electron chi connectivity index (χ2n) is 19.3. The minimum atomic E-state index is -5.60. The average molecular weight is 1210 g/mol. The van der Waals surface area contributed by atoms with E-state index in [2.05, 4.69) is 114 Å². The SMILES string of the molecule is CC/C=C\C/C=C\C/C=C\C/C=C\C/C=C\C/C=C\CCCCCCCC[C@@H](O)CC(=O)SCCNC(=O)CCNC(=O)[C@H](O)C(C)(C)COP(=O)(O)OP(=O)(O)OC[C@H]1O[C@@H](n2cnc3c(N)ncnc32)[C@H](O)[C@@H]1OP(=O)(O)O. The Morgan fingerprint density at radius 2 is 1.38 bits per heavy atom. The average Bonchev–Trinajstić information content (AvgIpc) is 3.95. The van der Waals surface area contributed by atoms with E-state index in [0.29, 0.717) is 6.42 Å². The highest BCUT2D eigenvalue weighted by atomic mass is 32.2. The van der Waals surface area contributed by atoms with Crippen LogP contribution in [0.15, 0.2) is 85.6 Å². The van der Waals surface area contributed by atoms with Crippen molar-refractivity contribution >= 4 is 69.1 Å². The molecule has 0 saturated carbocycles. The molecule has 2 aromatic heterocycles. The second kappa shape index (κ2) is 37.2. The van der Waals surface area contributed by atoms with Crippen LogP contribution in [0.3, 0.4) is 0 Å². The van der Waals surface area contributed by atoms with Crippen molar-refractivity contribution in [3.63, 3.8) is 0 Å². The monoisotopic (exact) mass is 1210 g/mol. The summed E-state index contributed by atoms with van der Waals surface area (Å²) in [6.07, 6.45) is 32.4. The zero-order valence-corrected chi connectivity index (χ0v) is 49.1. The Morgan fingerprint density at radius 3 is 1.99 bits per heavy atom. The fraction of sp³-hybridized carbons (Fsp3) is 0.608. The van der Waals surface area contributed by atoms with Crippen LogP contribution in [-0.2, 0) is 50.7 Å². The Kier molecular flexibility index (Phi) is 32.7. The number of rotatable bonds is 41. The van der Waals surface area contributed by atoms with E-state index in [-0.39, 0.29) is 53.8 Å². The van der Waals surface area contributed by atoms with Crippen LogP contribution in [-0.4, -0.2) is 134 Å². The zero-order chi connectivity index (χ0) is 59.0. The molecule has 0 radical (unpaired) electrons. The predicted molar refractivity (Wildman–Crippen MR) is 303 cm³/mol. The molecule has 2 unspecified atom stereocenters. The van der Waals surface area contributed by atoms with Crippen LogP contribution in [0.1, 0.15) is 130 Å². The summed E-state index contributed by atoms with van der Waals surface area (Å²) in [6, 6.07) is 0. The van der Waals surface area contributed by atoms with Crippen molar-refractivity contribution in [1.29, 1.82) is 0 Å². The first-order chi connectivity index (χ1) is 37.9. The minimum absolute atomic E-state index is 0.00640. The molecule has 8 atom stereocenters. The fourth-order valence-corrected chi connectivity index (χ4v) is 11.2. The van der Waals surface area contributed by atoms with Crippen molar-refractivity contribution in [2.75, 3.05) is 37.8 Å². The summed E-state index contributed by atoms with van der Waals surface area (Å²) in [4.78, 5) is 88.7. The van der Waals surface area contributed by atoms with Crippen molar-refractivity contribution in [1.82, 2.24) is 30.2 Å². The van der Waals surface area contributed by atoms with Gasteiger partial charge in [0, 0.05) is 37.1 Å². The molecule has 2 amide bonds. The Balaban J connectivity index is 1.21. The van der Waals surface area contributed by atoms with Gasteiger partial charge in [-0.05, 0) is 57.8 Å². The predicted octanol–water partition coefficient (Wildman–Crippen LogP) is 7.23. The van der Waals surface area contributed by atoms with Gasteiger partial charge in [0.15, 0.2) is 22.8 Å². The summed E-state index contributed by atoms with van der Waals surface area (Å²) in [5.74, 6) is -1.24. The molecule has 0 bridgehead atoms. The largest absolute Gasteiger partial charge is 0.481 e. The summed E-state index contributed by atoms with van der Waals surface area (Å²) in [5.41, 5.74) is 4.25. The number of carbonyl (C=O) groups is 3. The normalized spacial score (nSPS) is 19.8. The summed E-state index contributed by atoms with van der Waals surface area (Å²) >= 11 is 0.991. The van der Waals surface area contributed by atoms with Gasteiger partial charge >= 0.3 is 23.5 Å². The van der Waals surface area contributed by atoms with Gasteiger partial charge in [-0.2, -0.15) is 4.31 Å². The molecule has 29 heteroatoms. The van der Waals surface area contributed by atoms with Crippen LogP contribution in [0.2, 0.25) is 0 Å². The van der Waals surface area contributed by atoms with Crippen LogP contribution in [0.25, 0.3) is 11.2 Å². The third-order valence-electron chi connectivity index (χ3n) is 11.9. The summed E-state index contributed by atoms with van der Waals surface area (Å²) in [5, 5.41) is 36.8. The molecule has 450 valence electrons. The number of phosphoric ester groups is 3. The van der Waals surface area contributed by atoms with Crippen LogP contribution in [0.5, 0.6) is 0 Å². The number of thioether (sulfide) groups is 1. The number of nitrogen functional groups attached to an aromatic ring is 1. The van der Waals surface area contributed by atoms with Gasteiger partial charge in [0.2, 0.25) is 11.8 Å². The van der Waals surface area contributed by atoms with E-state index in [1.807, 2.05) is 0 Å². The van der Waals surface area contributed by atoms with Gasteiger partial charge in [0.1, 0.15) is 36.3 Å². The number of hydrogen-bond acceptors (Lipinski definition) is 19. The maximum Gasteiger partial charge on any atom is 0.481 e. The lowest BCUT2D eigenvalue weighted by Crippen LogP contribution is -2.46. The number of aliphatic hydroxyl groups is 3. The second-order valence-corrected chi connectivity index (χ2v) is 24.6. The summed E-state index contributed by atoms with van der Waals surface area (Å²) in [6.45, 7) is 2.51. The third kappa shape index (κ3) is 28.8. The molecule has 0 aromatic carbocycles. The van der Waals surface area contributed by atoms with Gasteiger partial charge in [-0.25, -0.2) is 28.6 Å². The van der Waals surface area contributed by atoms with Gasteiger partial charge in [0.05, 0.1) is 25.6 Å². The van der Waals surface area contributed by atoms with E-state index in [0.717, 1.165) is 112 Å². The van der Waals surface area contributed by atoms with Crippen LogP contribution in [0, 0.1) is 5.41 Å². The standard InChI is InChI=1S/C51H82N7O18P3S/c1-4-5-6-7-8-9-10-11-12-13-14-15-16-17-18-19-20-21-22-23-24-25-26-27-28-29-39(59)34-42(61)80-33-32-53-41(60)30-31-54-49(64)46(63)51(2,3)36-73-79(70,71)76-78(68,69)72-35-40-45(75-77(65,66)67)44(62)50(74-40)58-38-57-43-47(52)55-37-56-48(43)58/h5-6,8-9,11-12,14-15,17-18,20-21,37-40,44-46,50,59,62-63H,4,7,10,13,16,19,22-36H2,1-3H3,(H,53,60)(H,54,64)(H,68,69)(H,70,71)(H2,52,55,56)(H2,65,66,67)/b6-5-,9-8-,12-11-,15-14-,18-17-,21-20-/t39-,40-,44-,45-,46+,50-/m1/s1. The van der Waals surface area contributed by atoms with Gasteiger partial charge in [0.25, 0.3) is 0 Å². The van der Waals surface area contributed by atoms with Crippen molar-refractivity contribution in [3.05, 3.63) is 85.6 Å². The lowest BCUT2D eigenvalue weighted by molar-refractivity contribution is -0.137. The Morgan fingerprint density at radius 1 is 0.800 bits per heavy atom. The van der Waals surface area contributed by atoms with Crippen LogP contribution >= 0.6 is 35.2 Å². The quantitative estimate of drug-likeness (QED) is 0.0178. The number of unbranched alkanes of at least 4 members (excludes halogenated alkanes) is 6. The zero-order valence-electron chi connectivity index (χ0n) is 45.6. The first-order valence-corrected chi connectivity index (χ1v) is 32.1. The van der Waals surface area contributed by atoms with E-state index < -0.39 is 90.7 Å². The number of aromatic nitrogens is 4. The molecule has 0 aliphatic carbocycles. The highest BCUT2D eigenvalue weighted by Gasteiger charge is 2.50. The molecule has 1 aliphatic heterocycles. The lowest BCUT2D eigenvalue weighted by Gasteiger charge is -2.30. The molecule has 3 rings (SSSR count). The Bertz CT molecular complexity index is 2540. The fourth-order valence-electron chi connectivity index (χ4n) is 7.64. The molecule has 1 saturated heterocycles. The van der Waals surface area contributed by atoms with Gasteiger partial charge in [-0.1, -0.05) is 138 Å². The van der Waals surface area contributed by atoms with E-state index in [1.165, 1.54) is 13.8 Å². The topological polar surface area (TPSA) is 384 Å². The molecule has 80 heavy (non-hydrogen) atoms. The van der Waals surface area contributed by atoms with Crippen molar-refractivity contribution in [3.8, 4) is 0 Å². The summed E-state index contributed by atoms with van der Waals surface area (Å²) in [7, 11) is -16.5. The molecular formula is C51H82N7O18P3S. The third-order valence-corrected chi connectivity index (χ3v) is 15.9. The van der Waals surface area contributed by atoms with E-state index >= 15 is 0 Å². The summed E-state index contributed by atoms with van der Waals surface area (Å²) < 4.78 is 62.6. The molecule has 0 spiro atoms. The number of nitrogens with one attached hydrogen (secondary N) is 2. The van der Waals surface area contributed by atoms with Crippen LogP contribution < -0.4 is 16.4 Å². The molecule has 3 heterocycles. The highest BCUT2D eigenvalue weighted by molar-refractivity contribution is 8.13. The number of allylic oxidation sites excluding steroid dienone is 12. The molecule has 2 aromatic rings. The first-order valence-electron chi connectivity index (χ1n) is 26.6. The van der Waals surface area contributed by atoms with Crippen molar-refractivity contribution in [2.24, 2.45) is 5.41 Å². The number of amides is 2. The van der Waals surface area contributed by atoms with Gasteiger partial charge < -0.3 is 56.0 Å². The number of hydrogen-bond donors (Lipinski definition) is 10. The van der Waals surface area contributed by atoms with Crippen LogP contribution in [0.4, 0.5) is 5.82 Å². The Labute approximate surface area is 472 Å². The number of nitrogens with two attached hydrogens (primary N) is 1. The molecular weight excluding hydrogens is 1120 g/mol. The number of phosphoric acid groups is 3. The Hall–Kier alpha value is -4.04. The minimum Gasteiger partial charge on any atom is -0.393 e. The molecule has 1 fully saturated rings. The maximum absolute atomic E-state index is 12.8. The van der Waals surface area contributed by atoms with E-state index in [4.69, 9.17) is 19.5 Å². The van der Waals surface area contributed by atoms with E-state index in [1.54, 1.807) is 0 Å². The molecule has 1 aliphatic rings. The molecule has 11 N–H and O–H groups in total. The number of nitrogens with zero attached hydrogens (tertiary/aromatic N) is 4. The molecule has 25 nitrogen and oxygen atoms in total. The number of anilines is 1. The number of fused-ring (bicyclic) bond motifs is 1. The first kappa shape index (κ1) is 70.2. The van der Waals surface area contributed by atoms with Crippen molar-refractivity contribution in [2.45, 2.75) is 160 Å². The number of carbonyl (C=O) groups excluding carboxylic acids is 3. The van der Waals surface area contributed by atoms with Crippen molar-refractivity contribution < 1.29 is 85.6 Å². The lowest BCUT2D eigenvalue weighted by atomic mass is 9.87. The number of ether oxygens (including phenoxy) is 1. The van der Waals surface area contributed by atoms with Gasteiger partial charge in [-0.3, -0.25) is 32.5 Å². The number of imidazole rings is 1. The highest BCUT2D eigenvalue weighted by Crippen LogP contribution is 2.61. The smallest absolute Gasteiger partial charge is 0.393 e. The van der Waals surface area contributed by atoms with E-state index in [9.17, 15) is 63.0 Å². The van der Waals surface area contributed by atoms with Gasteiger partial charge in [-0.15, -0.1) is 0 Å².